The topological polar surface area (TPSA) is 79.3 Å². The summed E-state index contributed by atoms with van der Waals surface area (Å²) in [5.74, 6) is -2.63. The fourth-order valence-electron chi connectivity index (χ4n) is 4.23. The number of anilines is 2. The van der Waals surface area contributed by atoms with Gasteiger partial charge in [0.1, 0.15) is 40.9 Å². The quantitative estimate of drug-likeness (QED) is 0.294. The van der Waals surface area contributed by atoms with Crippen LogP contribution in [-0.2, 0) is 20.5 Å². The first-order chi connectivity index (χ1) is 20.0. The van der Waals surface area contributed by atoms with E-state index in [1.807, 2.05) is 11.0 Å². The largest absolute Gasteiger partial charge is 0.491 e. The van der Waals surface area contributed by atoms with Crippen molar-refractivity contribution in [2.75, 3.05) is 52.0 Å². The number of halogens is 5. The minimum absolute atomic E-state index is 0.0278. The SMILES string of the molecule is CCC(F)F.CN1CCN(c2ccc(F)cc2)c2cc(SC3CC(F)(F)C3)c(OCC3(C=O)COC3)cc2S1=O.CO. The van der Waals surface area contributed by atoms with Crippen LogP contribution in [0.4, 0.5) is 33.3 Å². The molecule has 14 heteroatoms. The maximum atomic E-state index is 13.6. The normalized spacial score (nSPS) is 20.9. The predicted octanol–water partition coefficient (Wildman–Crippen LogP) is 5.69. The van der Waals surface area contributed by atoms with Gasteiger partial charge in [-0.1, -0.05) is 6.92 Å². The lowest BCUT2D eigenvalue weighted by atomic mass is 9.89. The molecule has 2 fully saturated rings. The van der Waals surface area contributed by atoms with Crippen LogP contribution in [0.15, 0.2) is 46.2 Å². The fourth-order valence-corrected chi connectivity index (χ4v) is 6.79. The van der Waals surface area contributed by atoms with Crippen LogP contribution in [0.25, 0.3) is 0 Å². The van der Waals surface area contributed by atoms with E-state index in [9.17, 15) is 31.0 Å². The van der Waals surface area contributed by atoms with Crippen molar-refractivity contribution < 1.29 is 45.5 Å². The number of carbonyl (C=O) groups excluding carboxylic acids is 1. The lowest BCUT2D eigenvalue weighted by molar-refractivity contribution is -0.153. The highest BCUT2D eigenvalue weighted by Crippen LogP contribution is 2.50. The molecule has 2 aromatic rings. The van der Waals surface area contributed by atoms with Gasteiger partial charge in [-0.15, -0.1) is 11.8 Å². The van der Waals surface area contributed by atoms with Gasteiger partial charge >= 0.3 is 0 Å². The van der Waals surface area contributed by atoms with Gasteiger partial charge in [-0.25, -0.2) is 30.5 Å². The highest BCUT2D eigenvalue weighted by atomic mass is 32.2. The van der Waals surface area contributed by atoms with Crippen molar-refractivity contribution >= 4 is 40.4 Å². The van der Waals surface area contributed by atoms with Gasteiger partial charge in [0, 0.05) is 63.5 Å². The summed E-state index contributed by atoms with van der Waals surface area (Å²) in [6.07, 6.45) is -1.77. The van der Waals surface area contributed by atoms with Crippen molar-refractivity contribution in [3.8, 4) is 5.75 Å². The Morgan fingerprint density at radius 3 is 2.29 bits per heavy atom. The first-order valence-electron chi connectivity index (χ1n) is 13.2. The Kier molecular flexibility index (Phi) is 12.2. The number of fused-ring (bicyclic) bond motifs is 1. The van der Waals surface area contributed by atoms with E-state index in [-0.39, 0.29) is 50.2 Å². The number of nitrogens with zero attached hydrogens (tertiary/aromatic N) is 2. The second kappa shape index (κ2) is 15.0. The number of rotatable bonds is 8. The Hall–Kier alpha value is -2.26. The minimum Gasteiger partial charge on any atom is -0.491 e. The third-order valence-corrected chi connectivity index (χ3v) is 9.45. The summed E-state index contributed by atoms with van der Waals surface area (Å²) >= 11 is 1.30. The third-order valence-electron chi connectivity index (χ3n) is 6.76. The lowest BCUT2D eigenvalue weighted by Crippen LogP contribution is -2.48. The Bertz CT molecular complexity index is 1210. The first-order valence-corrected chi connectivity index (χ1v) is 15.2. The molecular formula is C28H35F5N2O5S2. The summed E-state index contributed by atoms with van der Waals surface area (Å²) in [7, 11) is 1.24. The second-order valence-electron chi connectivity index (χ2n) is 10.1. The van der Waals surface area contributed by atoms with Gasteiger partial charge in [-0.05, 0) is 30.3 Å². The molecule has 2 heterocycles. The smallest absolute Gasteiger partial charge is 0.250 e. The third kappa shape index (κ3) is 8.43. The van der Waals surface area contributed by atoms with Crippen LogP contribution in [0.3, 0.4) is 0 Å². The molecule has 234 valence electrons. The average molecular weight is 639 g/mol. The number of aliphatic hydroxyl groups excluding tert-OH is 1. The number of alkyl halides is 4. The zero-order valence-corrected chi connectivity index (χ0v) is 25.2. The fraction of sp³-hybridized carbons (Fsp3) is 0.536. The molecule has 1 unspecified atom stereocenters. The van der Waals surface area contributed by atoms with Gasteiger partial charge in [-0.2, -0.15) is 0 Å². The number of likely N-dealkylation sites (N-methyl/N-ethyl adjacent to an activating group) is 1. The Balaban J connectivity index is 0.000000627. The van der Waals surface area contributed by atoms with Crippen molar-refractivity contribution in [3.05, 3.63) is 42.2 Å². The standard InChI is InChI=1S/C24H25F3N2O4S2.C3H6F2.CH4O/c1-28-6-7-29(17-4-2-16(25)3-5-17)19-8-21(34-18-10-24(26,27)11-18)20(9-22(19)35(28)31)33-15-23(12-30)13-32-14-23;1-2-3(4)5;1-2/h2-5,8-9,12,18H,6-7,10-11,13-15H2,1H3;3H,2H2,1H3;2H,1H3. The van der Waals surface area contributed by atoms with Crippen molar-refractivity contribution in [2.24, 2.45) is 5.41 Å². The van der Waals surface area contributed by atoms with E-state index in [1.54, 1.807) is 29.6 Å². The van der Waals surface area contributed by atoms with Crippen LogP contribution < -0.4 is 9.64 Å². The highest BCUT2D eigenvalue weighted by molar-refractivity contribution is 8.00. The maximum absolute atomic E-state index is 13.6. The number of aliphatic hydroxyl groups is 1. The van der Waals surface area contributed by atoms with Gasteiger partial charge in [0.25, 0.3) is 0 Å². The van der Waals surface area contributed by atoms with Crippen molar-refractivity contribution in [2.45, 2.75) is 53.6 Å². The maximum Gasteiger partial charge on any atom is 0.250 e. The molecule has 0 bridgehead atoms. The summed E-state index contributed by atoms with van der Waals surface area (Å²) in [6.45, 7) is 3.02. The summed E-state index contributed by atoms with van der Waals surface area (Å²) in [5.41, 5.74) is 0.637. The number of benzene rings is 2. The minimum atomic E-state index is -2.67. The second-order valence-corrected chi connectivity index (χ2v) is 13.0. The van der Waals surface area contributed by atoms with Crippen molar-refractivity contribution in [1.82, 2.24) is 4.31 Å². The Labute approximate surface area is 248 Å². The number of thioether (sulfide) groups is 1. The van der Waals surface area contributed by atoms with Crippen LogP contribution in [0, 0.1) is 11.2 Å². The number of aldehydes is 1. The summed E-state index contributed by atoms with van der Waals surface area (Å²) in [4.78, 5) is 14.7. The molecule has 0 radical (unpaired) electrons. The van der Waals surface area contributed by atoms with E-state index in [0.717, 1.165) is 19.1 Å². The number of carbonyl (C=O) groups is 1. The van der Waals surface area contributed by atoms with E-state index < -0.39 is 28.7 Å². The molecule has 5 rings (SSSR count). The van der Waals surface area contributed by atoms with Crippen LogP contribution >= 0.6 is 11.8 Å². The number of hydrogen-bond acceptors (Lipinski definition) is 7. The molecule has 0 amide bonds. The lowest BCUT2D eigenvalue weighted by Gasteiger charge is -2.37. The molecule has 1 N–H and O–H groups in total. The van der Waals surface area contributed by atoms with Gasteiger partial charge in [0.15, 0.2) is 0 Å². The molecule has 1 saturated carbocycles. The van der Waals surface area contributed by atoms with E-state index in [4.69, 9.17) is 14.6 Å². The predicted molar refractivity (Wildman–Crippen MR) is 152 cm³/mol. The summed E-state index contributed by atoms with van der Waals surface area (Å²) < 4.78 is 88.5. The highest BCUT2D eigenvalue weighted by Gasteiger charge is 2.46. The zero-order valence-electron chi connectivity index (χ0n) is 23.5. The molecule has 3 aliphatic rings. The van der Waals surface area contributed by atoms with Crippen LogP contribution in [-0.4, -0.2) is 84.6 Å². The Morgan fingerprint density at radius 2 is 1.79 bits per heavy atom. The molecule has 2 aliphatic heterocycles. The van der Waals surface area contributed by atoms with Crippen molar-refractivity contribution in [3.63, 3.8) is 0 Å². The van der Waals surface area contributed by atoms with Crippen LogP contribution in [0.5, 0.6) is 5.75 Å². The van der Waals surface area contributed by atoms with E-state index in [2.05, 4.69) is 0 Å². The monoisotopic (exact) mass is 638 g/mol. The van der Waals surface area contributed by atoms with E-state index >= 15 is 0 Å². The molecular weight excluding hydrogens is 603 g/mol. The molecule has 1 saturated heterocycles. The molecule has 1 atom stereocenters. The Morgan fingerprint density at radius 1 is 1.17 bits per heavy atom. The van der Waals surface area contributed by atoms with Gasteiger partial charge in [-0.3, -0.25) is 0 Å². The van der Waals surface area contributed by atoms with Crippen LogP contribution in [0.2, 0.25) is 0 Å². The molecule has 1 aliphatic carbocycles. The van der Waals surface area contributed by atoms with Gasteiger partial charge in [0.05, 0.1) is 28.7 Å². The van der Waals surface area contributed by atoms with Gasteiger partial charge < -0.3 is 24.3 Å². The van der Waals surface area contributed by atoms with E-state index in [1.165, 1.54) is 30.8 Å². The molecule has 0 spiro atoms. The molecule has 7 nitrogen and oxygen atoms in total. The average Bonchev–Trinajstić information content (AvgIpc) is 3.05. The van der Waals surface area contributed by atoms with Gasteiger partial charge in [0.2, 0.25) is 12.3 Å². The van der Waals surface area contributed by atoms with E-state index in [0.29, 0.717) is 34.3 Å². The summed E-state index contributed by atoms with van der Waals surface area (Å²) in [5, 5.41) is 6.72. The van der Waals surface area contributed by atoms with Crippen LogP contribution in [0.1, 0.15) is 26.2 Å². The van der Waals surface area contributed by atoms with Crippen molar-refractivity contribution in [1.29, 1.82) is 0 Å². The molecule has 2 aromatic carbocycles. The number of hydrogen-bond donors (Lipinski definition) is 1. The first kappa shape index (κ1) is 34.2. The molecule has 42 heavy (non-hydrogen) atoms. The zero-order chi connectivity index (χ0) is 31.1. The summed E-state index contributed by atoms with van der Waals surface area (Å²) in [6, 6.07) is 9.54. The molecule has 0 aromatic heterocycles. The number of ether oxygens (including phenoxy) is 2.